The van der Waals surface area contributed by atoms with Crippen LogP contribution >= 0.6 is 11.3 Å². The van der Waals surface area contributed by atoms with E-state index in [-0.39, 0.29) is 18.3 Å². The van der Waals surface area contributed by atoms with E-state index in [2.05, 4.69) is 21.4 Å². The quantitative estimate of drug-likeness (QED) is 0.634. The van der Waals surface area contributed by atoms with E-state index < -0.39 is 5.82 Å². The molecule has 1 fully saturated rings. The van der Waals surface area contributed by atoms with E-state index in [4.69, 9.17) is 9.84 Å². The number of carbonyl (C=O) groups is 1. The molecule has 3 aromatic rings. The van der Waals surface area contributed by atoms with Crippen molar-refractivity contribution in [2.24, 2.45) is 0 Å². The molecular weight excluding hydrogens is 377 g/mol. The summed E-state index contributed by atoms with van der Waals surface area (Å²) < 4.78 is 20.9. The summed E-state index contributed by atoms with van der Waals surface area (Å²) in [5.41, 5.74) is 1.92. The Kier molecular flexibility index (Phi) is 5.71. The van der Waals surface area contributed by atoms with Crippen molar-refractivity contribution in [2.75, 3.05) is 6.61 Å². The molecule has 0 spiro atoms. The van der Waals surface area contributed by atoms with Gasteiger partial charge in [-0.2, -0.15) is 5.10 Å². The number of amides is 1. The van der Waals surface area contributed by atoms with Crippen LogP contribution in [0.5, 0.6) is 5.75 Å². The van der Waals surface area contributed by atoms with Gasteiger partial charge in [-0.25, -0.2) is 4.39 Å². The minimum Gasteiger partial charge on any atom is -0.481 e. The molecule has 0 saturated heterocycles. The monoisotopic (exact) mass is 399 g/mol. The third-order valence-electron chi connectivity index (χ3n) is 4.89. The molecule has 0 bridgehead atoms. The van der Waals surface area contributed by atoms with Gasteiger partial charge in [0.15, 0.2) is 18.2 Å². The third kappa shape index (κ3) is 4.25. The van der Waals surface area contributed by atoms with E-state index >= 15 is 0 Å². The summed E-state index contributed by atoms with van der Waals surface area (Å²) in [6, 6.07) is 12.6. The van der Waals surface area contributed by atoms with E-state index in [0.717, 1.165) is 24.2 Å². The van der Waals surface area contributed by atoms with Gasteiger partial charge in [0.2, 0.25) is 0 Å². The Morgan fingerprint density at radius 3 is 2.82 bits per heavy atom. The van der Waals surface area contributed by atoms with E-state index in [1.54, 1.807) is 23.5 Å². The summed E-state index contributed by atoms with van der Waals surface area (Å²) in [4.78, 5) is 13.3. The molecule has 7 heteroatoms. The van der Waals surface area contributed by atoms with Crippen LogP contribution in [-0.2, 0) is 11.3 Å². The normalized spacial score (nSPS) is 14.3. The smallest absolute Gasteiger partial charge is 0.258 e. The first-order valence-corrected chi connectivity index (χ1v) is 10.3. The highest BCUT2D eigenvalue weighted by Gasteiger charge is 2.22. The Morgan fingerprint density at radius 2 is 2.07 bits per heavy atom. The molecule has 2 aromatic heterocycles. The predicted molar refractivity (Wildman–Crippen MR) is 107 cm³/mol. The van der Waals surface area contributed by atoms with Crippen LogP contribution in [0.15, 0.2) is 47.8 Å². The number of para-hydroxylation sites is 1. The molecule has 1 saturated carbocycles. The average Bonchev–Trinajstić information content (AvgIpc) is 3.46. The van der Waals surface area contributed by atoms with Crippen molar-refractivity contribution in [1.29, 1.82) is 0 Å². The Bertz CT molecular complexity index is 933. The zero-order valence-electron chi connectivity index (χ0n) is 15.4. The highest BCUT2D eigenvalue weighted by Crippen LogP contribution is 2.35. The van der Waals surface area contributed by atoms with Gasteiger partial charge in [0.1, 0.15) is 0 Å². The number of carbonyl (C=O) groups excluding carboxylic acids is 1. The summed E-state index contributed by atoms with van der Waals surface area (Å²) in [6.07, 6.45) is 4.74. The van der Waals surface area contributed by atoms with Gasteiger partial charge in [0.05, 0.1) is 28.9 Å². The Morgan fingerprint density at radius 1 is 1.25 bits per heavy atom. The molecule has 0 atom stereocenters. The van der Waals surface area contributed by atoms with Gasteiger partial charge < -0.3 is 10.1 Å². The largest absolute Gasteiger partial charge is 0.481 e. The van der Waals surface area contributed by atoms with E-state index in [9.17, 15) is 9.18 Å². The van der Waals surface area contributed by atoms with Crippen LogP contribution in [0.1, 0.15) is 37.4 Å². The van der Waals surface area contributed by atoms with Gasteiger partial charge in [-0.1, -0.05) is 31.0 Å². The van der Waals surface area contributed by atoms with Crippen LogP contribution in [0.2, 0.25) is 0 Å². The van der Waals surface area contributed by atoms with Gasteiger partial charge >= 0.3 is 0 Å². The number of rotatable bonds is 7. The van der Waals surface area contributed by atoms with Crippen LogP contribution in [0.3, 0.4) is 0 Å². The standard InChI is InChI=1S/C21H22FN3O2S/c22-17-8-3-4-9-19(17)27-14-21(26)23-13-15-12-18(20-10-5-11-28-20)25(24-15)16-6-1-2-7-16/h3-5,8-12,16H,1-2,6-7,13-14H2,(H,23,26). The summed E-state index contributed by atoms with van der Waals surface area (Å²) >= 11 is 1.69. The Balaban J connectivity index is 1.40. The molecule has 28 heavy (non-hydrogen) atoms. The van der Waals surface area contributed by atoms with E-state index in [1.165, 1.54) is 29.9 Å². The first kappa shape index (κ1) is 18.7. The third-order valence-corrected chi connectivity index (χ3v) is 5.78. The number of benzene rings is 1. The Labute approximate surface area is 167 Å². The summed E-state index contributed by atoms with van der Waals surface area (Å²) in [5, 5.41) is 9.62. The minimum atomic E-state index is -0.480. The highest BCUT2D eigenvalue weighted by molar-refractivity contribution is 7.13. The van der Waals surface area contributed by atoms with Gasteiger partial charge in [0, 0.05) is 0 Å². The maximum absolute atomic E-state index is 13.6. The summed E-state index contributed by atoms with van der Waals surface area (Å²) in [5.74, 6) is -0.717. The fourth-order valence-electron chi connectivity index (χ4n) is 3.51. The molecule has 5 nitrogen and oxygen atoms in total. The molecule has 0 aliphatic heterocycles. The molecule has 1 amide bonds. The fraction of sp³-hybridized carbons (Fsp3) is 0.333. The minimum absolute atomic E-state index is 0.0724. The predicted octanol–water partition coefficient (Wildman–Crippen LogP) is 4.56. The molecule has 1 aliphatic carbocycles. The summed E-state index contributed by atoms with van der Waals surface area (Å²) in [6.45, 7) is 0.0829. The zero-order valence-corrected chi connectivity index (χ0v) is 16.3. The van der Waals surface area contributed by atoms with Crippen molar-refractivity contribution in [3.63, 3.8) is 0 Å². The van der Waals surface area contributed by atoms with Gasteiger partial charge in [-0.05, 0) is 42.5 Å². The van der Waals surface area contributed by atoms with Crippen molar-refractivity contribution in [3.8, 4) is 16.3 Å². The van der Waals surface area contributed by atoms with E-state index in [1.807, 2.05) is 12.1 Å². The number of nitrogens with zero attached hydrogens (tertiary/aromatic N) is 2. The molecule has 1 aromatic carbocycles. The van der Waals surface area contributed by atoms with Crippen LogP contribution in [0.25, 0.3) is 10.6 Å². The molecule has 4 rings (SSSR count). The first-order valence-electron chi connectivity index (χ1n) is 9.47. The lowest BCUT2D eigenvalue weighted by atomic mass is 10.2. The first-order chi connectivity index (χ1) is 13.7. The number of nitrogens with one attached hydrogen (secondary N) is 1. The van der Waals surface area contributed by atoms with Crippen molar-refractivity contribution in [2.45, 2.75) is 38.3 Å². The topological polar surface area (TPSA) is 56.1 Å². The lowest BCUT2D eigenvalue weighted by molar-refractivity contribution is -0.123. The van der Waals surface area contributed by atoms with Gasteiger partial charge in [-0.3, -0.25) is 9.48 Å². The second-order valence-electron chi connectivity index (χ2n) is 6.88. The summed E-state index contributed by atoms with van der Waals surface area (Å²) in [7, 11) is 0. The zero-order chi connectivity index (χ0) is 19.3. The lowest BCUT2D eigenvalue weighted by Crippen LogP contribution is -2.28. The number of hydrogen-bond acceptors (Lipinski definition) is 4. The van der Waals surface area contributed by atoms with Crippen molar-refractivity contribution >= 4 is 17.2 Å². The van der Waals surface area contributed by atoms with Crippen LogP contribution in [0.4, 0.5) is 4.39 Å². The average molecular weight is 399 g/mol. The number of thiophene rings is 1. The molecule has 146 valence electrons. The SMILES string of the molecule is O=C(COc1ccccc1F)NCc1cc(-c2cccs2)n(C2CCCC2)n1. The molecule has 0 radical (unpaired) electrons. The van der Waals surface area contributed by atoms with Crippen LogP contribution in [0, 0.1) is 5.82 Å². The second-order valence-corrected chi connectivity index (χ2v) is 7.82. The van der Waals surface area contributed by atoms with Crippen molar-refractivity contribution in [3.05, 3.63) is 59.4 Å². The number of aromatic nitrogens is 2. The molecule has 2 heterocycles. The molecular formula is C21H22FN3O2S. The van der Waals surface area contributed by atoms with Crippen LogP contribution < -0.4 is 10.1 Å². The van der Waals surface area contributed by atoms with Gasteiger partial charge in [-0.15, -0.1) is 11.3 Å². The molecule has 1 aliphatic rings. The van der Waals surface area contributed by atoms with Crippen molar-refractivity contribution in [1.82, 2.24) is 15.1 Å². The fourth-order valence-corrected chi connectivity index (χ4v) is 4.25. The van der Waals surface area contributed by atoms with Crippen molar-refractivity contribution < 1.29 is 13.9 Å². The Hall–Kier alpha value is -2.67. The molecule has 1 N–H and O–H groups in total. The van der Waals surface area contributed by atoms with Gasteiger partial charge in [0.25, 0.3) is 5.91 Å². The van der Waals surface area contributed by atoms with Crippen LogP contribution in [-0.4, -0.2) is 22.3 Å². The maximum Gasteiger partial charge on any atom is 0.258 e. The highest BCUT2D eigenvalue weighted by atomic mass is 32.1. The maximum atomic E-state index is 13.6. The molecule has 0 unspecified atom stereocenters. The number of ether oxygens (including phenoxy) is 1. The van der Waals surface area contributed by atoms with E-state index in [0.29, 0.717) is 12.6 Å². The second kappa shape index (κ2) is 8.56. The number of hydrogen-bond donors (Lipinski definition) is 1. The number of halogens is 1. The lowest BCUT2D eigenvalue weighted by Gasteiger charge is -2.13.